The zero-order valence-corrected chi connectivity index (χ0v) is 14.7. The average molecular weight is 416 g/mol. The molecular weight excluding hydrogens is 407 g/mol. The molecule has 136 valence electrons. The van der Waals surface area contributed by atoms with Crippen LogP contribution in [0.1, 0.15) is 16.6 Å². The third kappa shape index (κ3) is 4.41. The van der Waals surface area contributed by atoms with Crippen LogP contribution < -0.4 is 4.18 Å². The predicted octanol–water partition coefficient (Wildman–Crippen LogP) is 3.87. The Morgan fingerprint density at radius 1 is 1.28 bits per heavy atom. The van der Waals surface area contributed by atoms with Crippen LogP contribution in [0.5, 0.6) is 5.88 Å². The van der Waals surface area contributed by atoms with Crippen LogP contribution >= 0.6 is 22.9 Å². The van der Waals surface area contributed by atoms with Crippen molar-refractivity contribution in [1.82, 2.24) is 4.98 Å². The number of hydrogen-bond acceptors (Lipinski definition) is 7. The highest BCUT2D eigenvalue weighted by Gasteiger charge is 2.49. The van der Waals surface area contributed by atoms with E-state index in [9.17, 15) is 26.4 Å². The Bertz CT molecular complexity index is 878. The number of carbonyl (C=O) groups excluding carboxylic acids is 1. The van der Waals surface area contributed by atoms with Crippen molar-refractivity contribution in [2.24, 2.45) is 0 Å². The first-order valence-corrected chi connectivity index (χ1v) is 9.10. The highest BCUT2D eigenvalue weighted by Crippen LogP contribution is 2.36. The summed E-state index contributed by atoms with van der Waals surface area (Å²) >= 11 is 6.38. The fourth-order valence-corrected chi connectivity index (χ4v) is 3.05. The molecule has 0 aliphatic heterocycles. The molecule has 0 fully saturated rings. The van der Waals surface area contributed by atoms with Crippen LogP contribution in [0.25, 0.3) is 10.6 Å². The molecule has 1 aromatic heterocycles. The van der Waals surface area contributed by atoms with Crippen molar-refractivity contribution in [2.45, 2.75) is 12.4 Å². The lowest BCUT2D eigenvalue weighted by Crippen LogP contribution is -2.28. The number of esters is 1. The molecule has 0 atom stereocenters. The molecule has 2 aromatic rings. The maximum Gasteiger partial charge on any atom is 0.534 e. The van der Waals surface area contributed by atoms with E-state index in [1.807, 2.05) is 0 Å². The molecule has 0 aliphatic rings. The summed E-state index contributed by atoms with van der Waals surface area (Å²) in [6, 6.07) is 5.99. The minimum atomic E-state index is -5.98. The molecule has 6 nitrogen and oxygen atoms in total. The van der Waals surface area contributed by atoms with Gasteiger partial charge in [-0.1, -0.05) is 23.7 Å². The fraction of sp³-hybridized carbons (Fsp3) is 0.231. The molecule has 0 bridgehead atoms. The van der Waals surface area contributed by atoms with E-state index in [2.05, 4.69) is 9.17 Å². The second-order valence-electron chi connectivity index (χ2n) is 4.36. The van der Waals surface area contributed by atoms with Gasteiger partial charge in [0, 0.05) is 10.6 Å². The Hall–Kier alpha value is -1.85. The Balaban J connectivity index is 2.50. The standard InChI is InChI=1S/C13H9ClF3NO5S2/c1-2-22-12(19)9-10(23-25(20,21)13(15,16)17)18-11(24-9)7-3-5-8(14)6-4-7/h3-6H,2H2,1H3. The van der Waals surface area contributed by atoms with Gasteiger partial charge in [-0.25, -0.2) is 4.79 Å². The number of carbonyl (C=O) groups is 1. The van der Waals surface area contributed by atoms with Crippen molar-refractivity contribution >= 4 is 39.0 Å². The van der Waals surface area contributed by atoms with Gasteiger partial charge in [0.1, 0.15) is 5.01 Å². The third-order valence-electron chi connectivity index (χ3n) is 2.62. The number of thiazole rings is 1. The van der Waals surface area contributed by atoms with Gasteiger partial charge in [0.15, 0.2) is 4.88 Å². The first kappa shape index (κ1) is 19.5. The molecule has 25 heavy (non-hydrogen) atoms. The van der Waals surface area contributed by atoms with Gasteiger partial charge in [0.25, 0.3) is 5.88 Å². The number of aromatic nitrogens is 1. The van der Waals surface area contributed by atoms with E-state index in [0.29, 0.717) is 21.9 Å². The Labute approximate surface area is 149 Å². The molecule has 0 saturated heterocycles. The van der Waals surface area contributed by atoms with Gasteiger partial charge in [-0.3, -0.25) is 0 Å². The van der Waals surface area contributed by atoms with Crippen LogP contribution in [0.15, 0.2) is 24.3 Å². The van der Waals surface area contributed by atoms with E-state index in [0.717, 1.165) is 0 Å². The number of ether oxygens (including phenoxy) is 1. The highest BCUT2D eigenvalue weighted by molar-refractivity contribution is 7.88. The van der Waals surface area contributed by atoms with E-state index in [4.69, 9.17) is 16.3 Å². The SMILES string of the molecule is CCOC(=O)c1sc(-c2ccc(Cl)cc2)nc1OS(=O)(=O)C(F)(F)F. The Kier molecular flexibility index (Phi) is 5.59. The van der Waals surface area contributed by atoms with Gasteiger partial charge < -0.3 is 8.92 Å². The van der Waals surface area contributed by atoms with Crippen LogP contribution in [0.3, 0.4) is 0 Å². The quantitative estimate of drug-likeness (QED) is 0.419. The third-order valence-corrected chi connectivity index (χ3v) is 4.88. The average Bonchev–Trinajstić information content (AvgIpc) is 2.90. The number of alkyl halides is 3. The van der Waals surface area contributed by atoms with E-state index >= 15 is 0 Å². The van der Waals surface area contributed by atoms with Gasteiger partial charge in [0.05, 0.1) is 6.61 Å². The molecule has 0 spiro atoms. The number of halogens is 4. The molecule has 1 aromatic carbocycles. The second-order valence-corrected chi connectivity index (χ2v) is 7.34. The Morgan fingerprint density at radius 3 is 2.40 bits per heavy atom. The molecule has 2 rings (SSSR count). The van der Waals surface area contributed by atoms with E-state index in [1.54, 1.807) is 0 Å². The van der Waals surface area contributed by atoms with Gasteiger partial charge in [-0.05, 0) is 19.1 Å². The van der Waals surface area contributed by atoms with E-state index in [-0.39, 0.29) is 11.6 Å². The molecule has 0 N–H and O–H groups in total. The smallest absolute Gasteiger partial charge is 0.462 e. The summed E-state index contributed by atoms with van der Waals surface area (Å²) < 4.78 is 68.6. The summed E-state index contributed by atoms with van der Waals surface area (Å²) in [5.41, 5.74) is -5.26. The van der Waals surface area contributed by atoms with Crippen molar-refractivity contribution in [3.05, 3.63) is 34.2 Å². The zero-order chi connectivity index (χ0) is 18.8. The van der Waals surface area contributed by atoms with Crippen molar-refractivity contribution in [1.29, 1.82) is 0 Å². The summed E-state index contributed by atoms with van der Waals surface area (Å²) in [5, 5.41) is 0.467. The fourth-order valence-electron chi connectivity index (χ4n) is 1.56. The summed E-state index contributed by atoms with van der Waals surface area (Å²) in [5.74, 6) is -2.04. The second kappa shape index (κ2) is 7.18. The Morgan fingerprint density at radius 2 is 1.88 bits per heavy atom. The lowest BCUT2D eigenvalue weighted by molar-refractivity contribution is -0.0501. The maximum atomic E-state index is 12.5. The lowest BCUT2D eigenvalue weighted by Gasteiger charge is -2.08. The van der Waals surface area contributed by atoms with Gasteiger partial charge in [-0.15, -0.1) is 11.3 Å². The van der Waals surface area contributed by atoms with Crippen molar-refractivity contribution in [3.63, 3.8) is 0 Å². The maximum absolute atomic E-state index is 12.5. The van der Waals surface area contributed by atoms with Gasteiger partial charge in [0.2, 0.25) is 0 Å². The summed E-state index contributed by atoms with van der Waals surface area (Å²) in [7, 11) is -5.98. The topological polar surface area (TPSA) is 82.6 Å². The number of rotatable bonds is 5. The highest BCUT2D eigenvalue weighted by atomic mass is 35.5. The van der Waals surface area contributed by atoms with Gasteiger partial charge >= 0.3 is 21.6 Å². The molecule has 0 amide bonds. The molecule has 0 radical (unpaired) electrons. The lowest BCUT2D eigenvalue weighted by atomic mass is 10.2. The molecular formula is C13H9ClF3NO5S2. The van der Waals surface area contributed by atoms with Crippen molar-refractivity contribution in [2.75, 3.05) is 6.61 Å². The monoisotopic (exact) mass is 415 g/mol. The van der Waals surface area contributed by atoms with Crippen LogP contribution in [-0.4, -0.2) is 31.5 Å². The van der Waals surface area contributed by atoms with E-state index < -0.39 is 32.4 Å². The molecule has 1 heterocycles. The normalized spacial score (nSPS) is 12.0. The summed E-state index contributed by atoms with van der Waals surface area (Å²) in [4.78, 5) is 15.1. The van der Waals surface area contributed by atoms with Crippen LogP contribution in [-0.2, 0) is 14.9 Å². The predicted molar refractivity (Wildman–Crippen MR) is 84.1 cm³/mol. The minimum Gasteiger partial charge on any atom is -0.462 e. The molecule has 0 unspecified atom stereocenters. The number of hydrogen-bond donors (Lipinski definition) is 0. The van der Waals surface area contributed by atoms with Crippen molar-refractivity contribution < 1.29 is 35.3 Å². The minimum absolute atomic E-state index is 0.0621. The zero-order valence-electron chi connectivity index (χ0n) is 12.3. The van der Waals surface area contributed by atoms with Crippen molar-refractivity contribution in [3.8, 4) is 16.5 Å². The number of benzene rings is 1. The van der Waals surface area contributed by atoms with E-state index in [1.165, 1.54) is 31.2 Å². The molecule has 0 saturated carbocycles. The van der Waals surface area contributed by atoms with Crippen LogP contribution in [0, 0.1) is 0 Å². The van der Waals surface area contributed by atoms with Crippen LogP contribution in [0.2, 0.25) is 5.02 Å². The number of nitrogens with zero attached hydrogens (tertiary/aromatic N) is 1. The first-order chi connectivity index (χ1) is 11.5. The largest absolute Gasteiger partial charge is 0.534 e. The first-order valence-electron chi connectivity index (χ1n) is 6.50. The summed E-state index contributed by atoms with van der Waals surface area (Å²) in [6.07, 6.45) is 0. The van der Waals surface area contributed by atoms with Gasteiger partial charge in [-0.2, -0.15) is 26.6 Å². The molecule has 12 heteroatoms. The molecule has 0 aliphatic carbocycles. The van der Waals surface area contributed by atoms with Crippen LogP contribution in [0.4, 0.5) is 13.2 Å². The summed E-state index contributed by atoms with van der Waals surface area (Å²) in [6.45, 7) is 1.41.